The monoisotopic (exact) mass is 132 g/mol. The summed E-state index contributed by atoms with van der Waals surface area (Å²) in [6.07, 6.45) is 0. The third-order valence-electron chi connectivity index (χ3n) is 0.565. The fourth-order valence-electron chi connectivity index (χ4n) is 0.261. The van der Waals surface area contributed by atoms with E-state index in [1.807, 2.05) is 0 Å². The van der Waals surface area contributed by atoms with Crippen molar-refractivity contribution in [3.63, 3.8) is 0 Å². The summed E-state index contributed by atoms with van der Waals surface area (Å²) < 4.78 is 0. The highest BCUT2D eigenvalue weighted by Crippen LogP contribution is 1.72. The summed E-state index contributed by atoms with van der Waals surface area (Å²) in [5, 5.41) is 10.3. The van der Waals surface area contributed by atoms with E-state index in [0.717, 1.165) is 0 Å². The van der Waals surface area contributed by atoms with Crippen LogP contribution in [0.25, 0.3) is 0 Å². The topological polar surface area (TPSA) is 59.9 Å². The Morgan fingerprint density at radius 2 is 2.56 bits per heavy atom. The predicted molar refractivity (Wildman–Crippen MR) is 34.6 cm³/mol. The maximum absolute atomic E-state index is 9.99. The average Bonchev–Trinajstić information content (AvgIpc) is 1.80. The van der Waals surface area contributed by atoms with E-state index >= 15 is 0 Å². The predicted octanol–water partition coefficient (Wildman–Crippen LogP) is -0.447. The first-order valence-electron chi connectivity index (χ1n) is 2.50. The first-order chi connectivity index (χ1) is 4.27. The lowest BCUT2D eigenvalue weighted by Gasteiger charge is -2.19. The zero-order valence-corrected chi connectivity index (χ0v) is 5.33. The molecule has 0 aromatic rings. The minimum absolute atomic E-state index is 0.323. The van der Waals surface area contributed by atoms with Crippen LogP contribution in [0.15, 0.2) is 4.99 Å². The summed E-state index contributed by atoms with van der Waals surface area (Å²) in [4.78, 5) is 7.80. The Labute approximate surface area is 53.8 Å². The number of hydroxylamine groups is 3. The van der Waals surface area contributed by atoms with Crippen LogP contribution >= 0.6 is 0 Å². The van der Waals surface area contributed by atoms with Gasteiger partial charge in [0.2, 0.25) is 0 Å². The van der Waals surface area contributed by atoms with Crippen molar-refractivity contribution >= 4 is 6.72 Å². The molecule has 0 unspecified atom stereocenters. The van der Waals surface area contributed by atoms with Crippen molar-refractivity contribution in [2.75, 3.05) is 20.1 Å². The zero-order chi connectivity index (χ0) is 7.11. The molecule has 0 aliphatic heterocycles. The summed E-state index contributed by atoms with van der Waals surface area (Å²) in [6.45, 7) is 4.27. The highest BCUT2D eigenvalue weighted by molar-refractivity contribution is 5.23. The fourth-order valence-corrected chi connectivity index (χ4v) is 0.261. The number of aliphatic imine (C=N–C) groups is 1. The van der Waals surface area contributed by atoms with Crippen molar-refractivity contribution in [3.8, 4) is 0 Å². The third kappa shape index (κ3) is 7.51. The molecule has 1 N–H and O–H groups in total. The lowest BCUT2D eigenvalue weighted by molar-refractivity contribution is -0.159. The van der Waals surface area contributed by atoms with Crippen LogP contribution in [-0.2, 0) is 4.94 Å². The van der Waals surface area contributed by atoms with Crippen LogP contribution in [0.2, 0.25) is 0 Å². The maximum Gasteiger partial charge on any atom is 0.0531 e. The zero-order valence-electron chi connectivity index (χ0n) is 5.33. The second-order valence-electron chi connectivity index (χ2n) is 1.37. The largest absolute Gasteiger partial charge is 0.761 e. The van der Waals surface area contributed by atoms with Gasteiger partial charge in [-0.3, -0.25) is 4.99 Å². The number of nitrogens with zero attached hydrogens (tertiary/aromatic N) is 2. The smallest absolute Gasteiger partial charge is 0.0531 e. The molecule has 0 fully saturated rings. The average molecular weight is 132 g/mol. The van der Waals surface area contributed by atoms with Crippen LogP contribution in [0.3, 0.4) is 0 Å². The van der Waals surface area contributed by atoms with Gasteiger partial charge in [0.25, 0.3) is 0 Å². The summed E-state index contributed by atoms with van der Waals surface area (Å²) in [5.74, 6) is 0. The number of hydrogen-bond acceptors (Lipinski definition) is 5. The molecule has 5 heteroatoms. The van der Waals surface area contributed by atoms with Gasteiger partial charge in [-0.1, -0.05) is 0 Å². The molecule has 9 heavy (non-hydrogen) atoms. The van der Waals surface area contributed by atoms with Crippen molar-refractivity contribution in [3.05, 3.63) is 5.21 Å². The fraction of sp³-hybridized carbons (Fsp3) is 0.750. The van der Waals surface area contributed by atoms with Crippen molar-refractivity contribution in [1.82, 2.24) is 10.7 Å². The summed E-state index contributed by atoms with van der Waals surface area (Å²) in [5.41, 5.74) is 2.37. The van der Waals surface area contributed by atoms with Gasteiger partial charge in [0.15, 0.2) is 0 Å². The lowest BCUT2D eigenvalue weighted by atomic mass is 10.7. The summed E-state index contributed by atoms with van der Waals surface area (Å²) in [6, 6.07) is 0. The molecule has 0 atom stereocenters. The van der Waals surface area contributed by atoms with Gasteiger partial charge >= 0.3 is 0 Å². The SMILES string of the molecule is C=NCCNON(C)[O-]. The van der Waals surface area contributed by atoms with Crippen LogP contribution < -0.4 is 5.48 Å². The van der Waals surface area contributed by atoms with E-state index in [4.69, 9.17) is 0 Å². The molecular formula is C4H10N3O2-. The Hall–Kier alpha value is -0.490. The van der Waals surface area contributed by atoms with Crippen LogP contribution in [-0.4, -0.2) is 32.1 Å². The van der Waals surface area contributed by atoms with Gasteiger partial charge in [-0.25, -0.2) is 10.2 Å². The Balaban J connectivity index is 2.82. The first kappa shape index (κ1) is 8.51. The molecule has 0 heterocycles. The molecule has 0 aliphatic rings. The van der Waals surface area contributed by atoms with Crippen molar-refractivity contribution < 1.29 is 4.94 Å². The van der Waals surface area contributed by atoms with Crippen molar-refractivity contribution in [2.45, 2.75) is 0 Å². The molecule has 0 aromatic heterocycles. The van der Waals surface area contributed by atoms with Gasteiger partial charge in [0, 0.05) is 13.6 Å². The molecule has 0 saturated carbocycles. The molecule has 0 spiro atoms. The Morgan fingerprint density at radius 3 is 3.00 bits per heavy atom. The molecule has 0 bridgehead atoms. The molecule has 54 valence electrons. The maximum atomic E-state index is 9.99. The van der Waals surface area contributed by atoms with Crippen molar-refractivity contribution in [2.24, 2.45) is 4.99 Å². The van der Waals surface area contributed by atoms with Crippen molar-refractivity contribution in [1.29, 1.82) is 0 Å². The van der Waals surface area contributed by atoms with Crippen LogP contribution in [0.1, 0.15) is 0 Å². The van der Waals surface area contributed by atoms with E-state index in [2.05, 4.69) is 22.1 Å². The Kier molecular flexibility index (Phi) is 5.34. The lowest BCUT2D eigenvalue weighted by Crippen LogP contribution is -2.25. The molecule has 0 aliphatic carbocycles. The van der Waals surface area contributed by atoms with Gasteiger partial charge in [-0.15, -0.1) is 0 Å². The van der Waals surface area contributed by atoms with Gasteiger partial charge in [-0.2, -0.15) is 5.48 Å². The van der Waals surface area contributed by atoms with Crippen LogP contribution in [0.4, 0.5) is 0 Å². The van der Waals surface area contributed by atoms with Gasteiger partial charge < -0.3 is 5.21 Å². The third-order valence-corrected chi connectivity index (χ3v) is 0.565. The molecule has 0 rings (SSSR count). The molecular weight excluding hydrogens is 122 g/mol. The highest BCUT2D eigenvalue weighted by Gasteiger charge is 1.80. The number of rotatable bonds is 5. The molecule has 5 nitrogen and oxygen atoms in total. The second kappa shape index (κ2) is 5.64. The molecule has 0 aromatic carbocycles. The number of nitrogens with one attached hydrogen (secondary N) is 1. The number of hydrogen-bond donors (Lipinski definition) is 1. The van der Waals surface area contributed by atoms with Gasteiger partial charge in [0.1, 0.15) is 0 Å². The van der Waals surface area contributed by atoms with Gasteiger partial charge in [-0.05, 0) is 6.72 Å². The van der Waals surface area contributed by atoms with E-state index in [0.29, 0.717) is 18.3 Å². The standard InChI is InChI=1S/C4H10N3O2/c1-5-3-4-6-9-7(2)8/h6H,1,3-4H2,2H3/q-1. The molecule has 0 saturated heterocycles. The minimum atomic E-state index is 0.323. The normalized spacial score (nSPS) is 10.1. The van der Waals surface area contributed by atoms with Crippen LogP contribution in [0, 0.1) is 5.21 Å². The van der Waals surface area contributed by atoms with E-state index in [9.17, 15) is 5.21 Å². The van der Waals surface area contributed by atoms with E-state index in [1.54, 1.807) is 0 Å². The van der Waals surface area contributed by atoms with E-state index < -0.39 is 0 Å². The van der Waals surface area contributed by atoms with Gasteiger partial charge in [0.05, 0.1) is 6.54 Å². The van der Waals surface area contributed by atoms with E-state index in [-0.39, 0.29) is 0 Å². The van der Waals surface area contributed by atoms with Crippen LogP contribution in [0.5, 0.6) is 0 Å². The summed E-state index contributed by atoms with van der Waals surface area (Å²) in [7, 11) is 1.24. The van der Waals surface area contributed by atoms with E-state index in [1.165, 1.54) is 7.05 Å². The minimum Gasteiger partial charge on any atom is -0.761 e. The quantitative estimate of drug-likeness (QED) is 0.313. The highest BCUT2D eigenvalue weighted by atomic mass is 17.0. The molecule has 0 radical (unpaired) electrons. The Morgan fingerprint density at radius 1 is 1.89 bits per heavy atom. The summed E-state index contributed by atoms with van der Waals surface area (Å²) >= 11 is 0. The second-order valence-corrected chi connectivity index (χ2v) is 1.37. The molecule has 0 amide bonds. The Bertz CT molecular complexity index is 76.2. The first-order valence-corrected chi connectivity index (χ1v) is 2.50.